The van der Waals surface area contributed by atoms with E-state index in [1.54, 1.807) is 13.4 Å². The van der Waals surface area contributed by atoms with E-state index in [1.165, 1.54) is 0 Å². The molecule has 0 radical (unpaired) electrons. The maximum absolute atomic E-state index is 5.16. The van der Waals surface area contributed by atoms with Crippen molar-refractivity contribution in [2.45, 2.75) is 7.43 Å². The first-order chi connectivity index (χ1) is 5.40. The van der Waals surface area contributed by atoms with Crippen LogP contribution in [0.1, 0.15) is 7.43 Å². The van der Waals surface area contributed by atoms with Gasteiger partial charge in [-0.1, -0.05) is 7.43 Å². The first-order valence-corrected chi connectivity index (χ1v) is 3.41. The van der Waals surface area contributed by atoms with Crippen molar-refractivity contribution in [2.24, 2.45) is 0 Å². The molecule has 1 aromatic carbocycles. The molecule has 2 nitrogen and oxygen atoms in total. The third-order valence-electron chi connectivity index (χ3n) is 1.66. The third kappa shape index (κ3) is 1.28. The summed E-state index contributed by atoms with van der Waals surface area (Å²) < 4.78 is 10.2. The van der Waals surface area contributed by atoms with Crippen LogP contribution in [0.5, 0.6) is 5.75 Å². The molecule has 2 aromatic rings. The Morgan fingerprint density at radius 3 is 2.83 bits per heavy atom. The fraction of sp³-hybridized carbons (Fsp3) is 0.200. The van der Waals surface area contributed by atoms with Crippen LogP contribution in [0.25, 0.3) is 11.0 Å². The molecule has 0 aliphatic heterocycles. The van der Waals surface area contributed by atoms with Gasteiger partial charge in [-0.25, -0.2) is 0 Å². The van der Waals surface area contributed by atoms with Gasteiger partial charge in [0, 0.05) is 5.39 Å². The van der Waals surface area contributed by atoms with Crippen molar-refractivity contribution in [3.8, 4) is 5.75 Å². The number of fused-ring (bicyclic) bond motifs is 1. The quantitative estimate of drug-likeness (QED) is 0.646. The van der Waals surface area contributed by atoms with Gasteiger partial charge in [-0.3, -0.25) is 0 Å². The summed E-state index contributed by atoms with van der Waals surface area (Å²) in [4.78, 5) is 0. The normalized spacial score (nSPS) is 9.42. The molecule has 0 amide bonds. The van der Waals surface area contributed by atoms with E-state index in [-0.39, 0.29) is 7.43 Å². The van der Waals surface area contributed by atoms with E-state index in [9.17, 15) is 0 Å². The van der Waals surface area contributed by atoms with Crippen LogP contribution in [-0.4, -0.2) is 7.11 Å². The molecule has 0 aliphatic carbocycles. The summed E-state index contributed by atoms with van der Waals surface area (Å²) in [7, 11) is 1.65. The van der Waals surface area contributed by atoms with E-state index in [0.29, 0.717) is 0 Å². The summed E-state index contributed by atoms with van der Waals surface area (Å²) >= 11 is 0. The standard InChI is InChI=1S/C9H8O2.CH4/c1-10-8-2-3-9-7(6-8)4-5-11-9;/h2-6H,1H3;1H4. The Balaban J connectivity index is 0.000000720. The van der Waals surface area contributed by atoms with Crippen molar-refractivity contribution in [3.05, 3.63) is 30.5 Å². The summed E-state index contributed by atoms with van der Waals surface area (Å²) in [6.07, 6.45) is 1.67. The lowest BCUT2D eigenvalue weighted by Gasteiger charge is -1.96. The molecule has 0 aliphatic rings. The van der Waals surface area contributed by atoms with E-state index < -0.39 is 0 Å². The van der Waals surface area contributed by atoms with Crippen molar-refractivity contribution in [1.82, 2.24) is 0 Å². The molecule has 0 bridgehead atoms. The van der Waals surface area contributed by atoms with Crippen LogP contribution >= 0.6 is 0 Å². The third-order valence-corrected chi connectivity index (χ3v) is 1.66. The highest BCUT2D eigenvalue weighted by Crippen LogP contribution is 2.20. The van der Waals surface area contributed by atoms with E-state index in [1.807, 2.05) is 24.3 Å². The number of ether oxygens (including phenoxy) is 1. The van der Waals surface area contributed by atoms with Crippen molar-refractivity contribution < 1.29 is 9.15 Å². The molecule has 0 atom stereocenters. The number of rotatable bonds is 1. The van der Waals surface area contributed by atoms with Gasteiger partial charge in [0.2, 0.25) is 0 Å². The Hall–Kier alpha value is -1.44. The number of furan rings is 1. The second-order valence-electron chi connectivity index (χ2n) is 2.32. The molecule has 2 heteroatoms. The lowest BCUT2D eigenvalue weighted by Crippen LogP contribution is -1.79. The number of benzene rings is 1. The van der Waals surface area contributed by atoms with Crippen molar-refractivity contribution in [1.29, 1.82) is 0 Å². The predicted molar refractivity (Wildman–Crippen MR) is 49.5 cm³/mol. The Morgan fingerprint density at radius 1 is 1.25 bits per heavy atom. The lowest BCUT2D eigenvalue weighted by atomic mass is 10.2. The smallest absolute Gasteiger partial charge is 0.134 e. The van der Waals surface area contributed by atoms with Crippen LogP contribution in [0.15, 0.2) is 34.9 Å². The van der Waals surface area contributed by atoms with E-state index in [4.69, 9.17) is 9.15 Å². The van der Waals surface area contributed by atoms with E-state index >= 15 is 0 Å². The summed E-state index contributed by atoms with van der Waals surface area (Å²) in [5.41, 5.74) is 0.894. The van der Waals surface area contributed by atoms with Crippen LogP contribution in [-0.2, 0) is 0 Å². The maximum Gasteiger partial charge on any atom is 0.134 e. The largest absolute Gasteiger partial charge is 0.497 e. The van der Waals surface area contributed by atoms with Gasteiger partial charge in [0.1, 0.15) is 11.3 Å². The summed E-state index contributed by atoms with van der Waals surface area (Å²) in [5, 5.41) is 1.07. The van der Waals surface area contributed by atoms with Gasteiger partial charge in [0.25, 0.3) is 0 Å². The molecular weight excluding hydrogens is 152 g/mol. The Bertz CT molecular complexity index is 363. The average molecular weight is 164 g/mol. The van der Waals surface area contributed by atoms with Gasteiger partial charge < -0.3 is 9.15 Å². The van der Waals surface area contributed by atoms with E-state index in [2.05, 4.69) is 0 Å². The van der Waals surface area contributed by atoms with Crippen LogP contribution in [0.4, 0.5) is 0 Å². The van der Waals surface area contributed by atoms with Crippen molar-refractivity contribution >= 4 is 11.0 Å². The molecule has 2 rings (SSSR count). The first-order valence-electron chi connectivity index (χ1n) is 3.41. The molecule has 64 valence electrons. The molecular formula is C10H12O2. The first kappa shape index (κ1) is 8.65. The van der Waals surface area contributed by atoms with Gasteiger partial charge in [0.15, 0.2) is 0 Å². The zero-order valence-electron chi connectivity index (χ0n) is 6.20. The average Bonchev–Trinajstić information content (AvgIpc) is 2.50. The Labute approximate surface area is 71.8 Å². The summed E-state index contributed by atoms with van der Waals surface area (Å²) in [6, 6.07) is 7.64. The minimum absolute atomic E-state index is 0. The molecule has 0 fully saturated rings. The fourth-order valence-electron chi connectivity index (χ4n) is 1.07. The summed E-state index contributed by atoms with van der Waals surface area (Å²) in [5.74, 6) is 0.860. The fourth-order valence-corrected chi connectivity index (χ4v) is 1.07. The van der Waals surface area contributed by atoms with Crippen LogP contribution in [0.3, 0.4) is 0 Å². The topological polar surface area (TPSA) is 22.4 Å². The monoisotopic (exact) mass is 164 g/mol. The van der Waals surface area contributed by atoms with Gasteiger partial charge in [0.05, 0.1) is 13.4 Å². The van der Waals surface area contributed by atoms with Gasteiger partial charge >= 0.3 is 0 Å². The zero-order chi connectivity index (χ0) is 7.68. The predicted octanol–water partition coefficient (Wildman–Crippen LogP) is 3.08. The van der Waals surface area contributed by atoms with Gasteiger partial charge in [-0.2, -0.15) is 0 Å². The second-order valence-corrected chi connectivity index (χ2v) is 2.32. The summed E-state index contributed by atoms with van der Waals surface area (Å²) in [6.45, 7) is 0. The Morgan fingerprint density at radius 2 is 2.08 bits per heavy atom. The van der Waals surface area contributed by atoms with E-state index in [0.717, 1.165) is 16.7 Å². The molecule has 1 aromatic heterocycles. The van der Waals surface area contributed by atoms with Crippen LogP contribution in [0, 0.1) is 0 Å². The second kappa shape index (κ2) is 3.30. The Kier molecular flexibility index (Phi) is 2.38. The van der Waals surface area contributed by atoms with Crippen LogP contribution < -0.4 is 4.74 Å². The number of hydrogen-bond acceptors (Lipinski definition) is 2. The molecule has 0 N–H and O–H groups in total. The van der Waals surface area contributed by atoms with Crippen molar-refractivity contribution in [2.75, 3.05) is 7.11 Å². The molecule has 12 heavy (non-hydrogen) atoms. The highest BCUT2D eigenvalue weighted by Gasteiger charge is 1.96. The van der Waals surface area contributed by atoms with Gasteiger partial charge in [-0.05, 0) is 24.3 Å². The lowest BCUT2D eigenvalue weighted by molar-refractivity contribution is 0.415. The molecule has 0 saturated carbocycles. The minimum atomic E-state index is 0. The maximum atomic E-state index is 5.16. The number of methoxy groups -OCH3 is 1. The molecule has 0 spiro atoms. The SMILES string of the molecule is C.COc1ccc2occc2c1. The molecule has 1 heterocycles. The minimum Gasteiger partial charge on any atom is -0.497 e. The molecule has 0 unspecified atom stereocenters. The van der Waals surface area contributed by atoms with Crippen LogP contribution in [0.2, 0.25) is 0 Å². The van der Waals surface area contributed by atoms with Gasteiger partial charge in [-0.15, -0.1) is 0 Å². The number of hydrogen-bond donors (Lipinski definition) is 0. The highest BCUT2D eigenvalue weighted by atomic mass is 16.5. The molecule has 0 saturated heterocycles. The highest BCUT2D eigenvalue weighted by molar-refractivity contribution is 5.78. The van der Waals surface area contributed by atoms with Crippen molar-refractivity contribution in [3.63, 3.8) is 0 Å². The zero-order valence-corrected chi connectivity index (χ0v) is 6.20.